The van der Waals surface area contributed by atoms with E-state index in [1.807, 2.05) is 5.32 Å². The van der Waals surface area contributed by atoms with Gasteiger partial charge in [-0.1, -0.05) is 22.0 Å². The van der Waals surface area contributed by atoms with Gasteiger partial charge in [-0.15, -0.1) is 0 Å². The Morgan fingerprint density at radius 2 is 1.60 bits per heavy atom. The predicted molar refractivity (Wildman–Crippen MR) is 76.1 cm³/mol. The SMILES string of the molecule is O=C(Nc1c(F)cc(Br)cc1F)c1c(F)cccc1Br. The third-order valence-electron chi connectivity index (χ3n) is 2.44. The van der Waals surface area contributed by atoms with Crippen LogP contribution in [-0.4, -0.2) is 5.91 Å². The van der Waals surface area contributed by atoms with Gasteiger partial charge in [0.25, 0.3) is 5.91 Å². The minimum atomic E-state index is -0.960. The van der Waals surface area contributed by atoms with Crippen LogP contribution >= 0.6 is 31.9 Å². The van der Waals surface area contributed by atoms with Crippen molar-refractivity contribution >= 4 is 43.5 Å². The second-order valence-electron chi connectivity index (χ2n) is 3.80. The van der Waals surface area contributed by atoms with Gasteiger partial charge in [0.2, 0.25) is 0 Å². The molecule has 1 N–H and O–H groups in total. The molecule has 0 saturated heterocycles. The van der Waals surface area contributed by atoms with Crippen molar-refractivity contribution in [1.82, 2.24) is 0 Å². The third-order valence-corrected chi connectivity index (χ3v) is 3.55. The van der Waals surface area contributed by atoms with E-state index in [9.17, 15) is 18.0 Å². The van der Waals surface area contributed by atoms with Gasteiger partial charge < -0.3 is 5.32 Å². The van der Waals surface area contributed by atoms with Crippen LogP contribution in [0.3, 0.4) is 0 Å². The van der Waals surface area contributed by atoms with E-state index in [0.717, 1.165) is 18.2 Å². The van der Waals surface area contributed by atoms with Crippen molar-refractivity contribution in [3.63, 3.8) is 0 Å². The lowest BCUT2D eigenvalue weighted by molar-refractivity contribution is 0.102. The Morgan fingerprint density at radius 1 is 1.00 bits per heavy atom. The van der Waals surface area contributed by atoms with E-state index in [-0.39, 0.29) is 14.5 Å². The van der Waals surface area contributed by atoms with Crippen molar-refractivity contribution in [2.24, 2.45) is 0 Å². The molecule has 2 aromatic carbocycles. The normalized spacial score (nSPS) is 10.4. The van der Waals surface area contributed by atoms with Gasteiger partial charge in [-0.05, 0) is 40.2 Å². The second kappa shape index (κ2) is 5.97. The number of hydrogen-bond acceptors (Lipinski definition) is 1. The Balaban J connectivity index is 2.38. The average molecular weight is 409 g/mol. The molecule has 0 bridgehead atoms. The summed E-state index contributed by atoms with van der Waals surface area (Å²) in [6.07, 6.45) is 0. The van der Waals surface area contributed by atoms with Crippen molar-refractivity contribution in [3.8, 4) is 0 Å². The van der Waals surface area contributed by atoms with Gasteiger partial charge in [0.05, 0.1) is 5.56 Å². The zero-order valence-corrected chi connectivity index (χ0v) is 12.9. The summed E-state index contributed by atoms with van der Waals surface area (Å²) in [7, 11) is 0. The highest BCUT2D eigenvalue weighted by Gasteiger charge is 2.19. The fraction of sp³-hybridized carbons (Fsp3) is 0. The number of carbonyl (C=O) groups excluding carboxylic acids is 1. The quantitative estimate of drug-likeness (QED) is 0.753. The predicted octanol–water partition coefficient (Wildman–Crippen LogP) is 4.88. The van der Waals surface area contributed by atoms with Crippen molar-refractivity contribution in [2.75, 3.05) is 5.32 Å². The molecular weight excluding hydrogens is 403 g/mol. The van der Waals surface area contributed by atoms with Gasteiger partial charge in [-0.2, -0.15) is 0 Å². The van der Waals surface area contributed by atoms with Crippen molar-refractivity contribution < 1.29 is 18.0 Å². The number of rotatable bonds is 2. The second-order valence-corrected chi connectivity index (χ2v) is 5.57. The Kier molecular flexibility index (Phi) is 4.49. The topological polar surface area (TPSA) is 29.1 Å². The molecule has 0 aliphatic heterocycles. The summed E-state index contributed by atoms with van der Waals surface area (Å²) in [5.41, 5.74) is -0.956. The maximum absolute atomic E-state index is 13.6. The lowest BCUT2D eigenvalue weighted by Gasteiger charge is -2.10. The number of halogens is 5. The maximum atomic E-state index is 13.6. The zero-order chi connectivity index (χ0) is 14.9. The highest BCUT2D eigenvalue weighted by molar-refractivity contribution is 9.10. The van der Waals surface area contributed by atoms with Crippen LogP contribution in [0.5, 0.6) is 0 Å². The molecule has 7 heteroatoms. The van der Waals surface area contributed by atoms with Crippen LogP contribution in [0.25, 0.3) is 0 Å². The summed E-state index contributed by atoms with van der Waals surface area (Å²) in [6.45, 7) is 0. The monoisotopic (exact) mass is 407 g/mol. The Labute approximate surface area is 129 Å². The highest BCUT2D eigenvalue weighted by Crippen LogP contribution is 2.26. The molecule has 0 aromatic heterocycles. The van der Waals surface area contributed by atoms with E-state index in [1.54, 1.807) is 0 Å². The van der Waals surface area contributed by atoms with E-state index < -0.39 is 29.0 Å². The van der Waals surface area contributed by atoms with E-state index in [4.69, 9.17) is 0 Å². The van der Waals surface area contributed by atoms with Crippen molar-refractivity contribution in [3.05, 3.63) is 62.3 Å². The molecule has 0 saturated carbocycles. The van der Waals surface area contributed by atoms with Gasteiger partial charge >= 0.3 is 0 Å². The fourth-order valence-electron chi connectivity index (χ4n) is 1.55. The molecule has 0 aliphatic carbocycles. The smallest absolute Gasteiger partial charge is 0.259 e. The van der Waals surface area contributed by atoms with E-state index in [2.05, 4.69) is 31.9 Å². The molecule has 0 unspecified atom stereocenters. The largest absolute Gasteiger partial charge is 0.317 e. The molecule has 20 heavy (non-hydrogen) atoms. The van der Waals surface area contributed by atoms with Gasteiger partial charge in [0, 0.05) is 8.95 Å². The number of carbonyl (C=O) groups is 1. The van der Waals surface area contributed by atoms with Crippen LogP contribution in [0.4, 0.5) is 18.9 Å². The summed E-state index contributed by atoms with van der Waals surface area (Å²) >= 11 is 5.94. The Morgan fingerprint density at radius 3 is 2.15 bits per heavy atom. The van der Waals surface area contributed by atoms with Crippen LogP contribution in [0.2, 0.25) is 0 Å². The summed E-state index contributed by atoms with van der Waals surface area (Å²) in [5, 5.41) is 2.02. The standard InChI is InChI=1S/C13H6Br2F3NO/c14-6-4-9(17)12(10(18)5-6)19-13(20)11-7(15)2-1-3-8(11)16/h1-5H,(H,19,20). The Bertz CT molecular complexity index is 648. The van der Waals surface area contributed by atoms with E-state index >= 15 is 0 Å². The van der Waals surface area contributed by atoms with Gasteiger partial charge in [-0.3, -0.25) is 4.79 Å². The van der Waals surface area contributed by atoms with Crippen molar-refractivity contribution in [1.29, 1.82) is 0 Å². The van der Waals surface area contributed by atoms with Crippen LogP contribution in [0.15, 0.2) is 39.3 Å². The van der Waals surface area contributed by atoms with E-state index in [1.165, 1.54) is 12.1 Å². The summed E-state index contributed by atoms with van der Waals surface area (Å²) in [5.74, 6) is -3.67. The maximum Gasteiger partial charge on any atom is 0.259 e. The minimum Gasteiger partial charge on any atom is -0.317 e. The first-order valence-electron chi connectivity index (χ1n) is 5.30. The number of nitrogens with one attached hydrogen (secondary N) is 1. The number of anilines is 1. The molecule has 0 spiro atoms. The van der Waals surface area contributed by atoms with Crippen LogP contribution in [0.1, 0.15) is 10.4 Å². The molecule has 2 rings (SSSR count). The fourth-order valence-corrected chi connectivity index (χ4v) is 2.48. The molecular formula is C13H6Br2F3NO. The number of hydrogen-bond donors (Lipinski definition) is 1. The first-order chi connectivity index (χ1) is 9.40. The van der Waals surface area contributed by atoms with Crippen LogP contribution in [-0.2, 0) is 0 Å². The first kappa shape index (κ1) is 15.1. The minimum absolute atomic E-state index is 0.188. The van der Waals surface area contributed by atoms with Crippen LogP contribution in [0, 0.1) is 17.5 Å². The van der Waals surface area contributed by atoms with Crippen LogP contribution < -0.4 is 5.32 Å². The molecule has 2 nitrogen and oxygen atoms in total. The molecule has 0 fully saturated rings. The summed E-state index contributed by atoms with van der Waals surface area (Å²) in [6, 6.07) is 5.92. The summed E-state index contributed by atoms with van der Waals surface area (Å²) in [4.78, 5) is 11.9. The molecule has 104 valence electrons. The van der Waals surface area contributed by atoms with Gasteiger partial charge in [0.15, 0.2) is 11.6 Å². The molecule has 2 aromatic rings. The first-order valence-corrected chi connectivity index (χ1v) is 6.88. The number of amides is 1. The van der Waals surface area contributed by atoms with Crippen molar-refractivity contribution in [2.45, 2.75) is 0 Å². The highest BCUT2D eigenvalue weighted by atomic mass is 79.9. The Hall–Kier alpha value is -1.34. The lowest BCUT2D eigenvalue weighted by Crippen LogP contribution is -2.16. The van der Waals surface area contributed by atoms with Gasteiger partial charge in [0.1, 0.15) is 11.5 Å². The zero-order valence-electron chi connectivity index (χ0n) is 9.68. The molecule has 0 atom stereocenters. The average Bonchev–Trinajstić information content (AvgIpc) is 2.33. The van der Waals surface area contributed by atoms with E-state index in [0.29, 0.717) is 0 Å². The molecule has 0 heterocycles. The molecule has 0 radical (unpaired) electrons. The molecule has 1 amide bonds. The van der Waals surface area contributed by atoms with Gasteiger partial charge in [-0.25, -0.2) is 13.2 Å². The number of benzene rings is 2. The lowest BCUT2D eigenvalue weighted by atomic mass is 10.2. The summed E-state index contributed by atoms with van der Waals surface area (Å²) < 4.78 is 41.2. The third kappa shape index (κ3) is 3.04. The molecule has 0 aliphatic rings.